The van der Waals surface area contributed by atoms with Gasteiger partial charge in [0.1, 0.15) is 0 Å². The van der Waals surface area contributed by atoms with E-state index in [2.05, 4.69) is 5.32 Å². The summed E-state index contributed by atoms with van der Waals surface area (Å²) in [6.07, 6.45) is -3.95. The second-order valence-corrected chi connectivity index (χ2v) is 4.53. The van der Waals surface area contributed by atoms with Gasteiger partial charge in [0.25, 0.3) is 0 Å². The molecular weight excluding hydrogens is 243 g/mol. The van der Waals surface area contributed by atoms with Crippen molar-refractivity contribution in [3.05, 3.63) is 35.4 Å². The fourth-order valence-electron chi connectivity index (χ4n) is 2.22. The number of amides is 1. The summed E-state index contributed by atoms with van der Waals surface area (Å²) in [6.45, 7) is -0.338. The van der Waals surface area contributed by atoms with E-state index in [4.69, 9.17) is 0 Å². The van der Waals surface area contributed by atoms with Gasteiger partial charge >= 0.3 is 6.18 Å². The molecule has 1 amide bonds. The highest BCUT2D eigenvalue weighted by Gasteiger charge is 2.29. The largest absolute Gasteiger partial charge is 0.390 e. The summed E-state index contributed by atoms with van der Waals surface area (Å²) < 4.78 is 35.8. The van der Waals surface area contributed by atoms with Crippen molar-refractivity contribution < 1.29 is 18.0 Å². The maximum atomic E-state index is 11.9. The van der Waals surface area contributed by atoms with E-state index in [9.17, 15) is 18.0 Å². The summed E-state index contributed by atoms with van der Waals surface area (Å²) >= 11 is 0. The van der Waals surface area contributed by atoms with Crippen LogP contribution >= 0.6 is 0 Å². The molecule has 0 atom stereocenters. The standard InChI is InChI=1S/C13H14F3NO/c14-13(15,16)5-6-17-12(18)11-7-9-3-1-2-4-10(9)8-11/h1-4,11H,5-8H2,(H,17,18). The van der Waals surface area contributed by atoms with E-state index < -0.39 is 12.6 Å². The molecule has 1 aromatic carbocycles. The fraction of sp³-hybridized carbons (Fsp3) is 0.462. The van der Waals surface area contributed by atoms with Gasteiger partial charge < -0.3 is 5.32 Å². The van der Waals surface area contributed by atoms with Crippen molar-refractivity contribution in [1.29, 1.82) is 0 Å². The van der Waals surface area contributed by atoms with Gasteiger partial charge in [-0.1, -0.05) is 24.3 Å². The van der Waals surface area contributed by atoms with Gasteiger partial charge in [-0.3, -0.25) is 4.79 Å². The van der Waals surface area contributed by atoms with Gasteiger partial charge in [0.2, 0.25) is 5.91 Å². The van der Waals surface area contributed by atoms with Crippen LogP contribution in [0.25, 0.3) is 0 Å². The van der Waals surface area contributed by atoms with Crippen LogP contribution in [-0.4, -0.2) is 18.6 Å². The van der Waals surface area contributed by atoms with Crippen LogP contribution in [0.1, 0.15) is 17.5 Å². The number of rotatable bonds is 3. The molecule has 0 aliphatic heterocycles. The highest BCUT2D eigenvalue weighted by molar-refractivity contribution is 5.80. The average molecular weight is 257 g/mol. The molecule has 2 rings (SSSR count). The van der Waals surface area contributed by atoms with Crippen molar-refractivity contribution in [2.45, 2.75) is 25.4 Å². The summed E-state index contributed by atoms with van der Waals surface area (Å²) in [6, 6.07) is 7.72. The number of carbonyl (C=O) groups is 1. The van der Waals surface area contributed by atoms with E-state index in [1.165, 1.54) is 0 Å². The Morgan fingerprint density at radius 2 is 1.78 bits per heavy atom. The Balaban J connectivity index is 1.83. The van der Waals surface area contributed by atoms with Gasteiger partial charge in [-0.2, -0.15) is 13.2 Å². The predicted octanol–water partition coefficient (Wildman–Crippen LogP) is 2.47. The summed E-state index contributed by atoms with van der Waals surface area (Å²) in [7, 11) is 0. The van der Waals surface area contributed by atoms with Crippen LogP contribution in [0.4, 0.5) is 13.2 Å². The molecular formula is C13H14F3NO. The molecule has 5 heteroatoms. The highest BCUT2D eigenvalue weighted by Crippen LogP contribution is 2.26. The van der Waals surface area contributed by atoms with Crippen LogP contribution in [0, 0.1) is 5.92 Å². The van der Waals surface area contributed by atoms with Crippen molar-refractivity contribution >= 4 is 5.91 Å². The molecule has 0 unspecified atom stereocenters. The van der Waals surface area contributed by atoms with Crippen molar-refractivity contribution in [1.82, 2.24) is 5.32 Å². The minimum atomic E-state index is -4.22. The maximum Gasteiger partial charge on any atom is 0.390 e. The van der Waals surface area contributed by atoms with E-state index >= 15 is 0 Å². The van der Waals surface area contributed by atoms with E-state index in [0.717, 1.165) is 11.1 Å². The number of alkyl halides is 3. The Morgan fingerprint density at radius 1 is 1.22 bits per heavy atom. The number of benzene rings is 1. The molecule has 0 spiro atoms. The molecule has 1 aromatic rings. The van der Waals surface area contributed by atoms with Crippen LogP contribution in [0.2, 0.25) is 0 Å². The Morgan fingerprint density at radius 3 is 2.28 bits per heavy atom. The molecule has 0 saturated carbocycles. The summed E-state index contributed by atoms with van der Waals surface area (Å²) in [5.41, 5.74) is 2.24. The zero-order chi connectivity index (χ0) is 13.2. The zero-order valence-corrected chi connectivity index (χ0v) is 9.76. The van der Waals surface area contributed by atoms with Gasteiger partial charge in [0.15, 0.2) is 0 Å². The van der Waals surface area contributed by atoms with E-state index in [0.29, 0.717) is 12.8 Å². The molecule has 0 fully saturated rings. The Labute approximate surface area is 103 Å². The molecule has 0 bridgehead atoms. The molecule has 98 valence electrons. The highest BCUT2D eigenvalue weighted by atomic mass is 19.4. The van der Waals surface area contributed by atoms with Crippen molar-refractivity contribution in [2.75, 3.05) is 6.54 Å². The maximum absolute atomic E-state index is 11.9. The lowest BCUT2D eigenvalue weighted by atomic mass is 10.1. The first-order valence-electron chi connectivity index (χ1n) is 5.87. The molecule has 0 heterocycles. The van der Waals surface area contributed by atoms with E-state index in [1.807, 2.05) is 24.3 Å². The number of nitrogens with one attached hydrogen (secondary N) is 1. The van der Waals surface area contributed by atoms with Crippen molar-refractivity contribution in [2.24, 2.45) is 5.92 Å². The third-order valence-corrected chi connectivity index (χ3v) is 3.13. The van der Waals surface area contributed by atoms with E-state index in [1.54, 1.807) is 0 Å². The molecule has 2 nitrogen and oxygen atoms in total. The second-order valence-electron chi connectivity index (χ2n) is 4.53. The Bertz CT molecular complexity index is 417. The lowest BCUT2D eigenvalue weighted by molar-refractivity contribution is -0.136. The predicted molar refractivity (Wildman–Crippen MR) is 61.0 cm³/mol. The normalized spacial score (nSPS) is 15.5. The minimum absolute atomic E-state index is 0.226. The van der Waals surface area contributed by atoms with Crippen LogP contribution in [-0.2, 0) is 17.6 Å². The van der Waals surface area contributed by atoms with Gasteiger partial charge in [-0.05, 0) is 24.0 Å². The molecule has 0 saturated heterocycles. The average Bonchev–Trinajstić information content (AvgIpc) is 2.70. The number of hydrogen-bond donors (Lipinski definition) is 1. The SMILES string of the molecule is O=C(NCCC(F)(F)F)C1Cc2ccccc2C1. The van der Waals surface area contributed by atoms with Crippen LogP contribution in [0.3, 0.4) is 0 Å². The van der Waals surface area contributed by atoms with Gasteiger partial charge in [-0.15, -0.1) is 0 Å². The monoisotopic (exact) mass is 257 g/mol. The Kier molecular flexibility index (Phi) is 3.59. The van der Waals surface area contributed by atoms with Crippen molar-refractivity contribution in [3.8, 4) is 0 Å². The molecule has 1 aliphatic rings. The quantitative estimate of drug-likeness (QED) is 0.885. The topological polar surface area (TPSA) is 29.1 Å². The third-order valence-electron chi connectivity index (χ3n) is 3.13. The first-order chi connectivity index (χ1) is 8.46. The molecule has 18 heavy (non-hydrogen) atoms. The smallest absolute Gasteiger partial charge is 0.356 e. The fourth-order valence-corrected chi connectivity index (χ4v) is 2.22. The van der Waals surface area contributed by atoms with Gasteiger partial charge in [0.05, 0.1) is 6.42 Å². The van der Waals surface area contributed by atoms with Crippen LogP contribution in [0.5, 0.6) is 0 Å². The number of halogens is 3. The van der Waals surface area contributed by atoms with E-state index in [-0.39, 0.29) is 18.4 Å². The summed E-state index contributed by atoms with van der Waals surface area (Å²) in [5, 5.41) is 2.36. The zero-order valence-electron chi connectivity index (χ0n) is 9.76. The molecule has 1 aliphatic carbocycles. The molecule has 0 radical (unpaired) electrons. The van der Waals surface area contributed by atoms with Crippen molar-refractivity contribution in [3.63, 3.8) is 0 Å². The van der Waals surface area contributed by atoms with Gasteiger partial charge in [0, 0.05) is 12.5 Å². The third kappa shape index (κ3) is 3.24. The van der Waals surface area contributed by atoms with Crippen LogP contribution in [0.15, 0.2) is 24.3 Å². The van der Waals surface area contributed by atoms with Gasteiger partial charge in [-0.25, -0.2) is 0 Å². The second kappa shape index (κ2) is 5.00. The number of hydrogen-bond acceptors (Lipinski definition) is 1. The van der Waals surface area contributed by atoms with Crippen LogP contribution < -0.4 is 5.32 Å². The lowest BCUT2D eigenvalue weighted by Crippen LogP contribution is -2.33. The Hall–Kier alpha value is -1.52. The number of fused-ring (bicyclic) bond motifs is 1. The minimum Gasteiger partial charge on any atom is -0.356 e. The summed E-state index contributed by atoms with van der Waals surface area (Å²) in [5.74, 6) is -0.508. The molecule has 0 aromatic heterocycles. The lowest BCUT2D eigenvalue weighted by Gasteiger charge is -2.11. The number of carbonyl (C=O) groups excluding carboxylic acids is 1. The first kappa shape index (κ1) is 12.9. The first-order valence-corrected chi connectivity index (χ1v) is 5.87. The molecule has 1 N–H and O–H groups in total. The summed E-state index contributed by atoms with van der Waals surface area (Å²) in [4.78, 5) is 11.7.